The van der Waals surface area contributed by atoms with Gasteiger partial charge in [0.25, 0.3) is 0 Å². The summed E-state index contributed by atoms with van der Waals surface area (Å²) in [6, 6.07) is 10.1. The van der Waals surface area contributed by atoms with Gasteiger partial charge >= 0.3 is 6.03 Å². The minimum atomic E-state index is -0.113. The monoisotopic (exact) mass is 232 g/mol. The van der Waals surface area contributed by atoms with Gasteiger partial charge in [0.05, 0.1) is 0 Å². The SMILES string of the molecule is C=CCC(CNC(=O)NCC)c1ccccc1. The van der Waals surface area contributed by atoms with Gasteiger partial charge in [-0.05, 0) is 18.9 Å². The molecule has 0 spiro atoms. The van der Waals surface area contributed by atoms with E-state index in [0.29, 0.717) is 13.1 Å². The molecule has 0 bridgehead atoms. The van der Waals surface area contributed by atoms with Crippen molar-refractivity contribution in [1.29, 1.82) is 0 Å². The van der Waals surface area contributed by atoms with Gasteiger partial charge in [-0.2, -0.15) is 0 Å². The van der Waals surface area contributed by atoms with Crippen LogP contribution in [-0.4, -0.2) is 19.1 Å². The Bertz CT molecular complexity index is 348. The van der Waals surface area contributed by atoms with Crippen LogP contribution in [0, 0.1) is 0 Å². The van der Waals surface area contributed by atoms with Crippen molar-refractivity contribution in [3.05, 3.63) is 48.6 Å². The molecule has 0 aliphatic heterocycles. The summed E-state index contributed by atoms with van der Waals surface area (Å²) in [5.41, 5.74) is 1.23. The highest BCUT2D eigenvalue weighted by Gasteiger charge is 2.10. The van der Waals surface area contributed by atoms with Crippen molar-refractivity contribution in [3.8, 4) is 0 Å². The Morgan fingerprint density at radius 3 is 2.65 bits per heavy atom. The molecule has 92 valence electrons. The lowest BCUT2D eigenvalue weighted by Crippen LogP contribution is -2.37. The first-order valence-electron chi connectivity index (χ1n) is 5.95. The van der Waals surface area contributed by atoms with E-state index in [-0.39, 0.29) is 11.9 Å². The largest absolute Gasteiger partial charge is 0.338 e. The Morgan fingerprint density at radius 1 is 1.35 bits per heavy atom. The van der Waals surface area contributed by atoms with Crippen molar-refractivity contribution in [3.63, 3.8) is 0 Å². The van der Waals surface area contributed by atoms with Crippen LogP contribution in [0.3, 0.4) is 0 Å². The van der Waals surface area contributed by atoms with Gasteiger partial charge in [-0.25, -0.2) is 4.79 Å². The van der Waals surface area contributed by atoms with Crippen LogP contribution in [0.2, 0.25) is 0 Å². The van der Waals surface area contributed by atoms with Gasteiger partial charge in [-0.3, -0.25) is 0 Å². The predicted molar refractivity (Wildman–Crippen MR) is 71.1 cm³/mol. The van der Waals surface area contributed by atoms with Crippen LogP contribution in [-0.2, 0) is 0 Å². The molecule has 3 heteroatoms. The molecule has 17 heavy (non-hydrogen) atoms. The highest BCUT2D eigenvalue weighted by molar-refractivity contribution is 5.73. The normalized spacial score (nSPS) is 11.6. The Balaban J connectivity index is 2.55. The van der Waals surface area contributed by atoms with E-state index >= 15 is 0 Å². The van der Waals surface area contributed by atoms with E-state index in [4.69, 9.17) is 0 Å². The molecular formula is C14H20N2O. The average Bonchev–Trinajstić information content (AvgIpc) is 2.36. The van der Waals surface area contributed by atoms with E-state index in [0.717, 1.165) is 6.42 Å². The Morgan fingerprint density at radius 2 is 2.06 bits per heavy atom. The summed E-state index contributed by atoms with van der Waals surface area (Å²) in [7, 11) is 0. The lowest BCUT2D eigenvalue weighted by atomic mass is 9.96. The number of allylic oxidation sites excluding steroid dienone is 1. The Labute approximate surface area is 103 Å². The van der Waals surface area contributed by atoms with Crippen LogP contribution >= 0.6 is 0 Å². The molecule has 0 saturated heterocycles. The first-order chi connectivity index (χ1) is 8.27. The fourth-order valence-corrected chi connectivity index (χ4v) is 1.70. The molecule has 0 fully saturated rings. The first-order valence-corrected chi connectivity index (χ1v) is 5.95. The molecule has 3 nitrogen and oxygen atoms in total. The molecule has 0 heterocycles. The molecule has 1 unspecified atom stereocenters. The number of hydrogen-bond donors (Lipinski definition) is 2. The summed E-state index contributed by atoms with van der Waals surface area (Å²) in [5, 5.41) is 5.59. The van der Waals surface area contributed by atoms with E-state index in [1.165, 1.54) is 5.56 Å². The molecule has 1 aromatic carbocycles. The second-order valence-electron chi connectivity index (χ2n) is 3.87. The molecule has 0 radical (unpaired) electrons. The standard InChI is InChI=1S/C14H20N2O/c1-3-8-13(11-16-14(17)15-4-2)12-9-6-5-7-10-12/h3,5-7,9-10,13H,1,4,8,11H2,2H3,(H2,15,16,17). The molecule has 1 aromatic rings. The van der Waals surface area contributed by atoms with Gasteiger partial charge < -0.3 is 10.6 Å². The third-order valence-corrected chi connectivity index (χ3v) is 2.57. The zero-order valence-corrected chi connectivity index (χ0v) is 10.3. The molecule has 2 N–H and O–H groups in total. The summed E-state index contributed by atoms with van der Waals surface area (Å²) in [4.78, 5) is 11.3. The molecular weight excluding hydrogens is 212 g/mol. The van der Waals surface area contributed by atoms with Crippen molar-refractivity contribution in [2.24, 2.45) is 0 Å². The van der Waals surface area contributed by atoms with E-state index < -0.39 is 0 Å². The average molecular weight is 232 g/mol. The second-order valence-corrected chi connectivity index (χ2v) is 3.87. The van der Waals surface area contributed by atoms with Crippen LogP contribution in [0.25, 0.3) is 0 Å². The van der Waals surface area contributed by atoms with Crippen LogP contribution in [0.4, 0.5) is 4.79 Å². The maximum Gasteiger partial charge on any atom is 0.314 e. The summed E-state index contributed by atoms with van der Waals surface area (Å²) in [6.45, 7) is 6.93. The van der Waals surface area contributed by atoms with Gasteiger partial charge in [-0.1, -0.05) is 36.4 Å². The van der Waals surface area contributed by atoms with Gasteiger partial charge in [0, 0.05) is 19.0 Å². The maximum absolute atomic E-state index is 11.3. The van der Waals surface area contributed by atoms with E-state index in [1.807, 2.05) is 31.2 Å². The number of benzene rings is 1. The number of carbonyl (C=O) groups excluding carboxylic acids is 1. The zero-order valence-electron chi connectivity index (χ0n) is 10.3. The number of rotatable bonds is 6. The molecule has 0 aromatic heterocycles. The van der Waals surface area contributed by atoms with Crippen LogP contribution in [0.5, 0.6) is 0 Å². The molecule has 0 aliphatic rings. The topological polar surface area (TPSA) is 41.1 Å². The number of nitrogens with one attached hydrogen (secondary N) is 2. The highest BCUT2D eigenvalue weighted by atomic mass is 16.2. The Hall–Kier alpha value is -1.77. The molecule has 0 saturated carbocycles. The molecule has 0 aliphatic carbocycles. The zero-order chi connectivity index (χ0) is 12.5. The van der Waals surface area contributed by atoms with Crippen molar-refractivity contribution >= 4 is 6.03 Å². The third kappa shape index (κ3) is 4.72. The summed E-state index contributed by atoms with van der Waals surface area (Å²) in [5.74, 6) is 0.288. The van der Waals surface area contributed by atoms with Gasteiger partial charge in [0.1, 0.15) is 0 Å². The first kappa shape index (κ1) is 13.3. The Kier molecular flexibility index (Phi) is 5.86. The molecule has 1 rings (SSSR count). The lowest BCUT2D eigenvalue weighted by Gasteiger charge is -2.16. The fraction of sp³-hybridized carbons (Fsp3) is 0.357. The predicted octanol–water partition coefficient (Wildman–Crippen LogP) is 2.67. The lowest BCUT2D eigenvalue weighted by molar-refractivity contribution is 0.240. The van der Waals surface area contributed by atoms with E-state index in [1.54, 1.807) is 0 Å². The highest BCUT2D eigenvalue weighted by Crippen LogP contribution is 2.18. The number of amides is 2. The number of carbonyl (C=O) groups is 1. The van der Waals surface area contributed by atoms with Crippen LogP contribution in [0.15, 0.2) is 43.0 Å². The smallest absolute Gasteiger partial charge is 0.314 e. The van der Waals surface area contributed by atoms with E-state index in [2.05, 4.69) is 29.3 Å². The second kappa shape index (κ2) is 7.49. The number of hydrogen-bond acceptors (Lipinski definition) is 1. The van der Waals surface area contributed by atoms with Crippen molar-refractivity contribution in [2.75, 3.05) is 13.1 Å². The minimum absolute atomic E-state index is 0.113. The molecule has 2 amide bonds. The van der Waals surface area contributed by atoms with Crippen LogP contribution in [0.1, 0.15) is 24.8 Å². The van der Waals surface area contributed by atoms with Gasteiger partial charge in [-0.15, -0.1) is 6.58 Å². The maximum atomic E-state index is 11.3. The van der Waals surface area contributed by atoms with Gasteiger partial charge in [0.2, 0.25) is 0 Å². The number of urea groups is 1. The van der Waals surface area contributed by atoms with Crippen molar-refractivity contribution < 1.29 is 4.79 Å². The summed E-state index contributed by atoms with van der Waals surface area (Å²) in [6.07, 6.45) is 2.74. The van der Waals surface area contributed by atoms with Crippen molar-refractivity contribution in [1.82, 2.24) is 10.6 Å². The van der Waals surface area contributed by atoms with Gasteiger partial charge in [0.15, 0.2) is 0 Å². The third-order valence-electron chi connectivity index (χ3n) is 2.57. The van der Waals surface area contributed by atoms with Crippen molar-refractivity contribution in [2.45, 2.75) is 19.3 Å². The molecule has 1 atom stereocenters. The summed E-state index contributed by atoms with van der Waals surface area (Å²) < 4.78 is 0. The van der Waals surface area contributed by atoms with Crippen LogP contribution < -0.4 is 10.6 Å². The quantitative estimate of drug-likeness (QED) is 0.727. The fourth-order valence-electron chi connectivity index (χ4n) is 1.70. The summed E-state index contributed by atoms with van der Waals surface area (Å²) >= 11 is 0. The minimum Gasteiger partial charge on any atom is -0.338 e. The van der Waals surface area contributed by atoms with E-state index in [9.17, 15) is 4.79 Å².